The predicted octanol–water partition coefficient (Wildman–Crippen LogP) is 5.63. The van der Waals surface area contributed by atoms with Crippen molar-refractivity contribution in [1.82, 2.24) is 0 Å². The summed E-state index contributed by atoms with van der Waals surface area (Å²) in [6.07, 6.45) is -3.04. The standard InChI is InChI=1S/C26H24F3NO3/c1-32-24(31)12-16-5-4-8-21(11-16)33-23-10-9-20(26(27,28)29)15-22(23)25(30)19-13-17-6-2-3-7-18(17)14-19/h2-11,15,19,25H,12-14,30H2,1H3. The average molecular weight is 455 g/mol. The molecule has 0 fully saturated rings. The van der Waals surface area contributed by atoms with Crippen LogP contribution in [0.5, 0.6) is 11.5 Å². The summed E-state index contributed by atoms with van der Waals surface area (Å²) in [5.74, 6) is 0.227. The number of carbonyl (C=O) groups excluding carboxylic acids is 1. The molecule has 1 atom stereocenters. The van der Waals surface area contributed by atoms with Crippen molar-refractivity contribution in [3.8, 4) is 11.5 Å². The summed E-state index contributed by atoms with van der Waals surface area (Å²) < 4.78 is 51.1. The van der Waals surface area contributed by atoms with E-state index >= 15 is 0 Å². The van der Waals surface area contributed by atoms with Crippen molar-refractivity contribution in [3.63, 3.8) is 0 Å². The van der Waals surface area contributed by atoms with Gasteiger partial charge >= 0.3 is 12.1 Å². The number of hydrogen-bond acceptors (Lipinski definition) is 4. The number of nitrogens with two attached hydrogens (primary N) is 1. The molecule has 3 aromatic rings. The SMILES string of the molecule is COC(=O)Cc1cccc(Oc2ccc(C(F)(F)F)cc2C(N)C2Cc3ccccc3C2)c1. The quantitative estimate of drug-likeness (QED) is 0.490. The van der Waals surface area contributed by atoms with Gasteiger partial charge in [-0.2, -0.15) is 13.2 Å². The highest BCUT2D eigenvalue weighted by molar-refractivity contribution is 5.72. The van der Waals surface area contributed by atoms with Gasteiger partial charge in [-0.1, -0.05) is 36.4 Å². The molecular formula is C26H24F3NO3. The van der Waals surface area contributed by atoms with E-state index in [9.17, 15) is 18.0 Å². The number of halogens is 3. The Bertz CT molecular complexity index is 1130. The number of fused-ring (bicyclic) bond motifs is 1. The first-order chi connectivity index (χ1) is 15.7. The summed E-state index contributed by atoms with van der Waals surface area (Å²) in [6, 6.07) is 17.5. The Morgan fingerprint density at radius 1 is 1.03 bits per heavy atom. The molecule has 0 spiro atoms. The highest BCUT2D eigenvalue weighted by Crippen LogP contribution is 2.41. The van der Waals surface area contributed by atoms with E-state index in [1.807, 2.05) is 24.3 Å². The van der Waals surface area contributed by atoms with Gasteiger partial charge < -0.3 is 15.2 Å². The van der Waals surface area contributed by atoms with Gasteiger partial charge in [0.25, 0.3) is 0 Å². The fraction of sp³-hybridized carbons (Fsp3) is 0.269. The van der Waals surface area contributed by atoms with Crippen LogP contribution in [0.4, 0.5) is 13.2 Å². The third-order valence-corrected chi connectivity index (χ3v) is 5.99. The second-order valence-electron chi connectivity index (χ2n) is 8.22. The van der Waals surface area contributed by atoms with E-state index < -0.39 is 23.8 Å². The molecule has 0 aromatic heterocycles. The average Bonchev–Trinajstić information content (AvgIpc) is 3.22. The second kappa shape index (κ2) is 9.27. The van der Waals surface area contributed by atoms with Gasteiger partial charge in [-0.05, 0) is 65.8 Å². The molecule has 0 amide bonds. The highest BCUT2D eigenvalue weighted by atomic mass is 19.4. The smallest absolute Gasteiger partial charge is 0.416 e. The van der Waals surface area contributed by atoms with Crippen molar-refractivity contribution in [3.05, 3.63) is 94.5 Å². The van der Waals surface area contributed by atoms with Gasteiger partial charge in [-0.15, -0.1) is 0 Å². The number of benzene rings is 3. The predicted molar refractivity (Wildman–Crippen MR) is 118 cm³/mol. The Kier molecular flexibility index (Phi) is 6.42. The van der Waals surface area contributed by atoms with E-state index in [-0.39, 0.29) is 18.1 Å². The molecule has 4 nitrogen and oxygen atoms in total. The third kappa shape index (κ3) is 5.20. The summed E-state index contributed by atoms with van der Waals surface area (Å²) in [5.41, 5.74) is 9.10. The van der Waals surface area contributed by atoms with E-state index in [1.54, 1.807) is 24.3 Å². The topological polar surface area (TPSA) is 61.5 Å². The van der Waals surface area contributed by atoms with Crippen molar-refractivity contribution in [1.29, 1.82) is 0 Å². The van der Waals surface area contributed by atoms with E-state index in [1.165, 1.54) is 24.3 Å². The lowest BCUT2D eigenvalue weighted by atomic mass is 9.89. The highest BCUT2D eigenvalue weighted by Gasteiger charge is 2.34. The van der Waals surface area contributed by atoms with E-state index in [0.717, 1.165) is 12.1 Å². The molecule has 1 aliphatic rings. The maximum Gasteiger partial charge on any atom is 0.416 e. The molecule has 0 heterocycles. The molecule has 0 saturated carbocycles. The minimum absolute atomic E-state index is 0.0427. The number of ether oxygens (including phenoxy) is 2. The van der Waals surface area contributed by atoms with Crippen LogP contribution >= 0.6 is 0 Å². The van der Waals surface area contributed by atoms with Gasteiger partial charge in [0.15, 0.2) is 0 Å². The minimum Gasteiger partial charge on any atom is -0.469 e. The molecule has 0 bridgehead atoms. The molecule has 0 aliphatic heterocycles. The zero-order valence-corrected chi connectivity index (χ0v) is 18.1. The summed E-state index contributed by atoms with van der Waals surface area (Å²) in [4.78, 5) is 11.6. The van der Waals surface area contributed by atoms with Crippen LogP contribution in [-0.4, -0.2) is 13.1 Å². The molecule has 1 unspecified atom stereocenters. The number of methoxy groups -OCH3 is 1. The lowest BCUT2D eigenvalue weighted by molar-refractivity contribution is -0.140. The van der Waals surface area contributed by atoms with Gasteiger partial charge in [0.1, 0.15) is 11.5 Å². The normalized spacial score (nSPS) is 14.6. The van der Waals surface area contributed by atoms with Crippen LogP contribution in [0.25, 0.3) is 0 Å². The maximum absolute atomic E-state index is 13.5. The first kappa shape index (κ1) is 22.9. The van der Waals surface area contributed by atoms with Gasteiger partial charge in [0, 0.05) is 11.6 Å². The fourth-order valence-electron chi connectivity index (χ4n) is 4.26. The largest absolute Gasteiger partial charge is 0.469 e. The van der Waals surface area contributed by atoms with Crippen molar-refractivity contribution in [2.45, 2.75) is 31.5 Å². The lowest BCUT2D eigenvalue weighted by Crippen LogP contribution is -2.23. The Morgan fingerprint density at radius 3 is 2.36 bits per heavy atom. The van der Waals surface area contributed by atoms with Gasteiger partial charge in [-0.3, -0.25) is 4.79 Å². The Hall–Kier alpha value is -3.32. The number of carbonyl (C=O) groups is 1. The molecule has 7 heteroatoms. The molecule has 2 N–H and O–H groups in total. The van der Waals surface area contributed by atoms with Crippen molar-refractivity contribution < 1.29 is 27.4 Å². The van der Waals surface area contributed by atoms with Crippen molar-refractivity contribution >= 4 is 5.97 Å². The summed E-state index contributed by atoms with van der Waals surface area (Å²) in [7, 11) is 1.31. The molecule has 33 heavy (non-hydrogen) atoms. The number of rotatable bonds is 6. The van der Waals surface area contributed by atoms with E-state index in [4.69, 9.17) is 10.5 Å². The molecule has 0 saturated heterocycles. The zero-order chi connectivity index (χ0) is 23.6. The molecule has 172 valence electrons. The lowest BCUT2D eigenvalue weighted by Gasteiger charge is -2.23. The first-order valence-electron chi connectivity index (χ1n) is 10.6. The van der Waals surface area contributed by atoms with E-state index in [0.29, 0.717) is 29.7 Å². The molecule has 3 aromatic carbocycles. The Balaban J connectivity index is 1.65. The first-order valence-corrected chi connectivity index (χ1v) is 10.6. The number of hydrogen-bond donors (Lipinski definition) is 1. The summed E-state index contributed by atoms with van der Waals surface area (Å²) in [5, 5.41) is 0. The monoisotopic (exact) mass is 455 g/mol. The minimum atomic E-state index is -4.49. The van der Waals surface area contributed by atoms with Crippen molar-refractivity contribution in [2.24, 2.45) is 11.7 Å². The molecule has 0 radical (unpaired) electrons. The number of alkyl halides is 3. The van der Waals surface area contributed by atoms with Crippen LogP contribution in [0.1, 0.15) is 33.9 Å². The van der Waals surface area contributed by atoms with Crippen LogP contribution in [-0.2, 0) is 35.0 Å². The van der Waals surface area contributed by atoms with Crippen molar-refractivity contribution in [2.75, 3.05) is 7.11 Å². The van der Waals surface area contributed by atoms with Gasteiger partial charge in [0.2, 0.25) is 0 Å². The van der Waals surface area contributed by atoms with Crippen LogP contribution < -0.4 is 10.5 Å². The van der Waals surface area contributed by atoms with Gasteiger partial charge in [-0.25, -0.2) is 0 Å². The van der Waals surface area contributed by atoms with Crippen LogP contribution in [0.3, 0.4) is 0 Å². The van der Waals surface area contributed by atoms with Gasteiger partial charge in [0.05, 0.1) is 19.1 Å². The van der Waals surface area contributed by atoms with Crippen LogP contribution in [0, 0.1) is 5.92 Å². The summed E-state index contributed by atoms with van der Waals surface area (Å²) >= 11 is 0. The van der Waals surface area contributed by atoms with Crippen LogP contribution in [0.15, 0.2) is 66.7 Å². The Labute approximate surface area is 190 Å². The molecular weight excluding hydrogens is 431 g/mol. The summed E-state index contributed by atoms with van der Waals surface area (Å²) in [6.45, 7) is 0. The number of esters is 1. The Morgan fingerprint density at radius 2 is 1.73 bits per heavy atom. The van der Waals surface area contributed by atoms with E-state index in [2.05, 4.69) is 4.74 Å². The maximum atomic E-state index is 13.5. The van der Waals surface area contributed by atoms with Crippen LogP contribution in [0.2, 0.25) is 0 Å². The molecule has 1 aliphatic carbocycles. The molecule has 4 rings (SSSR count). The zero-order valence-electron chi connectivity index (χ0n) is 18.1. The second-order valence-corrected chi connectivity index (χ2v) is 8.22. The fourth-order valence-corrected chi connectivity index (χ4v) is 4.26. The third-order valence-electron chi connectivity index (χ3n) is 5.99.